The molecular formula is C11H14N2O3. The number of nitrogens with zero attached hydrogens (tertiary/aromatic N) is 1. The number of imide groups is 2. The van der Waals surface area contributed by atoms with Crippen molar-refractivity contribution in [2.45, 2.75) is 32.7 Å². The van der Waals surface area contributed by atoms with Gasteiger partial charge in [-0.3, -0.25) is 19.8 Å². The lowest BCUT2D eigenvalue weighted by atomic mass is 9.88. The van der Waals surface area contributed by atoms with E-state index in [2.05, 4.69) is 5.32 Å². The van der Waals surface area contributed by atoms with Gasteiger partial charge in [0.15, 0.2) is 0 Å². The first-order chi connectivity index (χ1) is 7.44. The Kier molecular flexibility index (Phi) is 2.33. The summed E-state index contributed by atoms with van der Waals surface area (Å²) in [4.78, 5) is 36.4. The second kappa shape index (κ2) is 3.43. The predicted molar refractivity (Wildman–Crippen MR) is 56.3 cm³/mol. The van der Waals surface area contributed by atoms with Crippen LogP contribution in [0, 0.1) is 5.41 Å². The summed E-state index contributed by atoms with van der Waals surface area (Å²) >= 11 is 0. The molecule has 2 rings (SSSR count). The van der Waals surface area contributed by atoms with Gasteiger partial charge in [0.2, 0.25) is 11.8 Å². The molecule has 1 aliphatic heterocycles. The fraction of sp³-hybridized carbons (Fsp3) is 0.545. The molecule has 0 unspecified atom stereocenters. The Labute approximate surface area is 93.5 Å². The third kappa shape index (κ3) is 1.43. The number of urea groups is 1. The minimum atomic E-state index is -1.16. The van der Waals surface area contributed by atoms with Crippen LogP contribution in [0.4, 0.5) is 4.79 Å². The highest BCUT2D eigenvalue weighted by Gasteiger charge is 2.49. The minimum Gasteiger partial charge on any atom is -0.277 e. The van der Waals surface area contributed by atoms with Gasteiger partial charge >= 0.3 is 6.03 Å². The summed E-state index contributed by atoms with van der Waals surface area (Å²) in [6, 6.07) is -0.733. The van der Waals surface area contributed by atoms with Gasteiger partial charge in [0.25, 0.3) is 0 Å². The zero-order chi connectivity index (χ0) is 11.9. The fourth-order valence-corrected chi connectivity index (χ4v) is 1.95. The third-order valence-corrected chi connectivity index (χ3v) is 3.11. The first-order valence-corrected chi connectivity index (χ1v) is 5.28. The molecule has 0 aromatic heterocycles. The maximum absolute atomic E-state index is 12.1. The Bertz CT molecular complexity index is 390. The topological polar surface area (TPSA) is 66.5 Å². The van der Waals surface area contributed by atoms with Crippen molar-refractivity contribution in [2.75, 3.05) is 0 Å². The van der Waals surface area contributed by atoms with Crippen molar-refractivity contribution in [1.82, 2.24) is 10.2 Å². The molecule has 1 heterocycles. The Balaban J connectivity index is 2.27. The van der Waals surface area contributed by atoms with E-state index in [1.54, 1.807) is 0 Å². The standard InChI is InChI=1S/C11H14N2O3/c1-11(2)8(14)12-10(16)13(9(11)15)7-5-3-4-6-7/h3-4,7H,5-6H2,1-2H3,(H,12,14,16). The van der Waals surface area contributed by atoms with Gasteiger partial charge in [-0.05, 0) is 26.7 Å². The fourth-order valence-electron chi connectivity index (χ4n) is 1.95. The Morgan fingerprint density at radius 1 is 1.25 bits per heavy atom. The molecule has 0 atom stereocenters. The normalized spacial score (nSPS) is 25.1. The van der Waals surface area contributed by atoms with Gasteiger partial charge in [0.05, 0.1) is 0 Å². The predicted octanol–water partition coefficient (Wildman–Crippen LogP) is 0.810. The third-order valence-electron chi connectivity index (χ3n) is 3.11. The van der Waals surface area contributed by atoms with Crippen LogP contribution < -0.4 is 5.32 Å². The van der Waals surface area contributed by atoms with Gasteiger partial charge < -0.3 is 0 Å². The van der Waals surface area contributed by atoms with Crippen molar-refractivity contribution < 1.29 is 14.4 Å². The van der Waals surface area contributed by atoms with Crippen LogP contribution in [0.15, 0.2) is 12.2 Å². The van der Waals surface area contributed by atoms with Gasteiger partial charge in [-0.25, -0.2) is 4.79 Å². The molecule has 0 radical (unpaired) electrons. The van der Waals surface area contributed by atoms with E-state index in [1.165, 1.54) is 18.7 Å². The summed E-state index contributed by atoms with van der Waals surface area (Å²) in [5.41, 5.74) is -1.16. The molecule has 4 amide bonds. The van der Waals surface area contributed by atoms with Crippen molar-refractivity contribution in [3.8, 4) is 0 Å². The number of carbonyl (C=O) groups is 3. The molecule has 0 saturated carbocycles. The number of nitrogens with one attached hydrogen (secondary N) is 1. The van der Waals surface area contributed by atoms with Gasteiger partial charge in [-0.15, -0.1) is 0 Å². The summed E-state index contributed by atoms with van der Waals surface area (Å²) in [6.07, 6.45) is 5.22. The molecule has 2 aliphatic rings. The monoisotopic (exact) mass is 222 g/mol. The molecule has 1 aliphatic carbocycles. The van der Waals surface area contributed by atoms with E-state index in [0.29, 0.717) is 12.8 Å². The van der Waals surface area contributed by atoms with Crippen LogP contribution in [-0.2, 0) is 9.59 Å². The van der Waals surface area contributed by atoms with E-state index in [-0.39, 0.29) is 6.04 Å². The summed E-state index contributed by atoms with van der Waals surface area (Å²) in [7, 11) is 0. The van der Waals surface area contributed by atoms with Crippen molar-refractivity contribution in [3.05, 3.63) is 12.2 Å². The smallest absolute Gasteiger partial charge is 0.277 e. The molecule has 1 N–H and O–H groups in total. The van der Waals surface area contributed by atoms with Gasteiger partial charge in [0.1, 0.15) is 5.41 Å². The van der Waals surface area contributed by atoms with Crippen molar-refractivity contribution in [2.24, 2.45) is 5.41 Å². The van der Waals surface area contributed by atoms with E-state index in [1.807, 2.05) is 12.2 Å². The molecule has 0 aromatic rings. The van der Waals surface area contributed by atoms with Gasteiger partial charge in [0, 0.05) is 6.04 Å². The summed E-state index contributed by atoms with van der Waals surface area (Å²) in [5.74, 6) is -0.931. The molecule has 5 nitrogen and oxygen atoms in total. The number of hydrogen-bond acceptors (Lipinski definition) is 3. The lowest BCUT2D eigenvalue weighted by molar-refractivity contribution is -0.150. The molecule has 86 valence electrons. The molecule has 1 fully saturated rings. The van der Waals surface area contributed by atoms with E-state index >= 15 is 0 Å². The first-order valence-electron chi connectivity index (χ1n) is 5.28. The molecule has 0 bridgehead atoms. The van der Waals surface area contributed by atoms with E-state index in [0.717, 1.165) is 0 Å². The van der Waals surface area contributed by atoms with Gasteiger partial charge in [-0.2, -0.15) is 0 Å². The van der Waals surface area contributed by atoms with Crippen LogP contribution in [0.1, 0.15) is 26.7 Å². The zero-order valence-corrected chi connectivity index (χ0v) is 9.32. The summed E-state index contributed by atoms with van der Waals surface area (Å²) in [5, 5.41) is 2.23. The minimum absolute atomic E-state index is 0.139. The lowest BCUT2D eigenvalue weighted by Gasteiger charge is -2.37. The van der Waals surface area contributed by atoms with Crippen molar-refractivity contribution in [3.63, 3.8) is 0 Å². The molecule has 1 saturated heterocycles. The van der Waals surface area contributed by atoms with Crippen molar-refractivity contribution in [1.29, 1.82) is 0 Å². The van der Waals surface area contributed by atoms with E-state index in [9.17, 15) is 14.4 Å². The molecular weight excluding hydrogens is 208 g/mol. The van der Waals surface area contributed by atoms with E-state index < -0.39 is 23.3 Å². The number of carbonyl (C=O) groups excluding carboxylic acids is 3. The second-order valence-electron chi connectivity index (χ2n) is 4.66. The van der Waals surface area contributed by atoms with Crippen LogP contribution in [0.5, 0.6) is 0 Å². The highest BCUT2D eigenvalue weighted by atomic mass is 16.2. The Morgan fingerprint density at radius 2 is 1.81 bits per heavy atom. The number of hydrogen-bond donors (Lipinski definition) is 1. The van der Waals surface area contributed by atoms with Crippen LogP contribution in [0.3, 0.4) is 0 Å². The molecule has 0 spiro atoms. The van der Waals surface area contributed by atoms with E-state index in [4.69, 9.17) is 0 Å². The molecule has 0 aromatic carbocycles. The van der Waals surface area contributed by atoms with Crippen molar-refractivity contribution >= 4 is 17.8 Å². The highest BCUT2D eigenvalue weighted by Crippen LogP contribution is 2.28. The van der Waals surface area contributed by atoms with Crippen LogP contribution in [0.2, 0.25) is 0 Å². The Morgan fingerprint density at radius 3 is 2.38 bits per heavy atom. The molecule has 5 heteroatoms. The number of amides is 4. The number of barbiturate groups is 1. The van der Waals surface area contributed by atoms with Crippen LogP contribution >= 0.6 is 0 Å². The largest absolute Gasteiger partial charge is 0.331 e. The summed E-state index contributed by atoms with van der Waals surface area (Å²) < 4.78 is 0. The van der Waals surface area contributed by atoms with Crippen LogP contribution in [-0.4, -0.2) is 28.8 Å². The molecule has 16 heavy (non-hydrogen) atoms. The zero-order valence-electron chi connectivity index (χ0n) is 9.32. The quantitative estimate of drug-likeness (QED) is 0.527. The SMILES string of the molecule is CC1(C)C(=O)NC(=O)N(C2CC=CC2)C1=O. The van der Waals surface area contributed by atoms with Crippen LogP contribution in [0.25, 0.3) is 0 Å². The highest BCUT2D eigenvalue weighted by molar-refractivity contribution is 6.18. The maximum Gasteiger partial charge on any atom is 0.331 e. The number of rotatable bonds is 1. The average Bonchev–Trinajstić information content (AvgIpc) is 2.69. The Hall–Kier alpha value is -1.65. The average molecular weight is 222 g/mol. The first kappa shape index (κ1) is 10.9. The second-order valence-corrected chi connectivity index (χ2v) is 4.66. The maximum atomic E-state index is 12.1. The van der Waals surface area contributed by atoms with Gasteiger partial charge in [-0.1, -0.05) is 12.2 Å². The lowest BCUT2D eigenvalue weighted by Crippen LogP contribution is -2.64. The summed E-state index contributed by atoms with van der Waals surface area (Å²) in [6.45, 7) is 3.07.